The molecule has 4 nitrogen and oxygen atoms in total. The molecule has 1 atom stereocenters. The van der Waals surface area contributed by atoms with Crippen LogP contribution in [0.25, 0.3) is 0 Å². The van der Waals surface area contributed by atoms with Gasteiger partial charge in [0.2, 0.25) is 12.3 Å². The lowest BCUT2D eigenvalue weighted by Crippen LogP contribution is -2.28. The Hall–Kier alpha value is -0.000000000000000222. The topological polar surface area (TPSA) is 58.2 Å². The molecule has 0 rings (SSSR count). The second-order valence-electron chi connectivity index (χ2n) is 4.70. The molecule has 0 fully saturated rings. The molecule has 19 heavy (non-hydrogen) atoms. The predicted molar refractivity (Wildman–Crippen MR) is 84.6 cm³/mol. The molecule has 0 aliphatic carbocycles. The predicted octanol–water partition coefficient (Wildman–Crippen LogP) is 2.39. The Morgan fingerprint density at radius 2 is 2.05 bits per heavy atom. The van der Waals surface area contributed by atoms with E-state index in [-0.39, 0.29) is 10.7 Å². The SMILES string of the molecule is CC(C)(C)SCC(=O)NCCSP(F)CCNC=O. The quantitative estimate of drug-likeness (QED) is 0.367. The van der Waals surface area contributed by atoms with Crippen LogP contribution in [0.15, 0.2) is 0 Å². The summed E-state index contributed by atoms with van der Waals surface area (Å²) in [5.74, 6) is 0.989. The zero-order valence-electron chi connectivity index (χ0n) is 11.6. The maximum atomic E-state index is 13.3. The number of rotatable bonds is 10. The number of hydrogen-bond donors (Lipinski definition) is 2. The smallest absolute Gasteiger partial charge is 0.230 e. The number of halogens is 1. The first kappa shape index (κ1) is 19.0. The Morgan fingerprint density at radius 3 is 2.63 bits per heavy atom. The normalized spacial score (nSPS) is 12.8. The van der Waals surface area contributed by atoms with Crippen molar-refractivity contribution >= 4 is 42.9 Å². The first-order valence-electron chi connectivity index (χ1n) is 5.99. The lowest BCUT2D eigenvalue weighted by atomic mass is 10.3. The molecular weight excluding hydrogens is 306 g/mol. The van der Waals surface area contributed by atoms with Crippen LogP contribution < -0.4 is 10.6 Å². The van der Waals surface area contributed by atoms with Crippen molar-refractivity contribution in [2.45, 2.75) is 25.5 Å². The number of amides is 2. The van der Waals surface area contributed by atoms with Crippen LogP contribution in [0.4, 0.5) is 4.20 Å². The van der Waals surface area contributed by atoms with E-state index in [1.807, 2.05) is 0 Å². The second kappa shape index (κ2) is 10.7. The van der Waals surface area contributed by atoms with Gasteiger partial charge in [-0.1, -0.05) is 32.2 Å². The maximum absolute atomic E-state index is 13.3. The van der Waals surface area contributed by atoms with Gasteiger partial charge in [0.05, 0.1) is 5.75 Å². The summed E-state index contributed by atoms with van der Waals surface area (Å²) in [6.45, 7) is 7.03. The van der Waals surface area contributed by atoms with Crippen molar-refractivity contribution < 1.29 is 13.8 Å². The summed E-state index contributed by atoms with van der Waals surface area (Å²) in [7, 11) is -1.61. The van der Waals surface area contributed by atoms with Gasteiger partial charge in [0.15, 0.2) is 0 Å². The van der Waals surface area contributed by atoms with Crippen LogP contribution in [-0.2, 0) is 9.59 Å². The van der Waals surface area contributed by atoms with E-state index in [0.717, 1.165) is 0 Å². The van der Waals surface area contributed by atoms with E-state index < -0.39 is 7.43 Å². The van der Waals surface area contributed by atoms with E-state index >= 15 is 0 Å². The van der Waals surface area contributed by atoms with Gasteiger partial charge in [0, 0.05) is 29.8 Å². The third-order valence-electron chi connectivity index (χ3n) is 1.81. The number of thioether (sulfide) groups is 1. The molecule has 0 saturated heterocycles. The minimum absolute atomic E-state index is 0.00803. The van der Waals surface area contributed by atoms with Crippen molar-refractivity contribution in [3.63, 3.8) is 0 Å². The number of carbonyl (C=O) groups excluding carboxylic acids is 2. The van der Waals surface area contributed by atoms with Crippen LogP contribution in [0, 0.1) is 0 Å². The molecular formula is C11H22FN2O2PS2. The Bertz CT molecular complexity index is 278. The summed E-state index contributed by atoms with van der Waals surface area (Å²) >= 11 is 2.80. The van der Waals surface area contributed by atoms with Crippen LogP contribution >= 0.6 is 30.6 Å². The van der Waals surface area contributed by atoms with Gasteiger partial charge >= 0.3 is 0 Å². The molecule has 0 aromatic heterocycles. The van der Waals surface area contributed by atoms with Crippen molar-refractivity contribution in [3.05, 3.63) is 0 Å². The van der Waals surface area contributed by atoms with E-state index in [2.05, 4.69) is 31.4 Å². The average molecular weight is 328 g/mol. The van der Waals surface area contributed by atoms with Crippen molar-refractivity contribution in [3.8, 4) is 0 Å². The third-order valence-corrected chi connectivity index (χ3v) is 6.26. The maximum Gasteiger partial charge on any atom is 0.230 e. The van der Waals surface area contributed by atoms with E-state index in [1.54, 1.807) is 11.8 Å². The van der Waals surface area contributed by atoms with Crippen molar-refractivity contribution in [2.75, 3.05) is 30.8 Å². The minimum atomic E-state index is -1.61. The highest BCUT2D eigenvalue weighted by Gasteiger charge is 2.13. The number of hydrogen-bond acceptors (Lipinski definition) is 4. The lowest BCUT2D eigenvalue weighted by Gasteiger charge is -2.17. The summed E-state index contributed by atoms with van der Waals surface area (Å²) in [5, 5.41) is 5.20. The zero-order valence-corrected chi connectivity index (χ0v) is 14.1. The zero-order chi connectivity index (χ0) is 14.7. The average Bonchev–Trinajstić information content (AvgIpc) is 2.31. The van der Waals surface area contributed by atoms with E-state index in [0.29, 0.717) is 37.2 Å². The van der Waals surface area contributed by atoms with Gasteiger partial charge in [-0.05, 0) is 0 Å². The van der Waals surface area contributed by atoms with Crippen LogP contribution in [0.3, 0.4) is 0 Å². The molecule has 0 radical (unpaired) electrons. The molecule has 0 bridgehead atoms. The second-order valence-corrected chi connectivity index (χ2v) is 10.2. The standard InChI is InChI=1S/C11H22FN2O2PS2/c1-11(2,3)18-8-10(16)14-5-7-19-17(12)6-4-13-9-15/h9H,4-8H2,1-3H3,(H,13,15)(H,14,16). The largest absolute Gasteiger partial charge is 0.358 e. The summed E-state index contributed by atoms with van der Waals surface area (Å²) in [4.78, 5) is 21.4. The highest BCUT2D eigenvalue weighted by atomic mass is 32.7. The molecule has 2 amide bonds. The van der Waals surface area contributed by atoms with Gasteiger partial charge in [0.1, 0.15) is 7.43 Å². The van der Waals surface area contributed by atoms with Crippen molar-refractivity contribution in [2.24, 2.45) is 0 Å². The molecule has 0 heterocycles. The summed E-state index contributed by atoms with van der Waals surface area (Å²) < 4.78 is 13.4. The van der Waals surface area contributed by atoms with Gasteiger partial charge in [-0.25, -0.2) is 4.20 Å². The Labute approximate surface area is 124 Å². The molecule has 0 aliphatic heterocycles. The van der Waals surface area contributed by atoms with Crippen LogP contribution in [0.1, 0.15) is 20.8 Å². The Morgan fingerprint density at radius 1 is 1.37 bits per heavy atom. The van der Waals surface area contributed by atoms with Gasteiger partial charge in [-0.2, -0.15) is 0 Å². The highest BCUT2D eigenvalue weighted by Crippen LogP contribution is 2.50. The monoisotopic (exact) mass is 328 g/mol. The Kier molecular flexibility index (Phi) is 10.7. The molecule has 0 aromatic rings. The first-order valence-corrected chi connectivity index (χ1v) is 9.98. The summed E-state index contributed by atoms with van der Waals surface area (Å²) in [6.07, 6.45) is 0.924. The lowest BCUT2D eigenvalue weighted by molar-refractivity contribution is -0.118. The van der Waals surface area contributed by atoms with Gasteiger partial charge in [0.25, 0.3) is 0 Å². The molecule has 0 spiro atoms. The fourth-order valence-corrected chi connectivity index (χ4v) is 3.97. The molecule has 0 aromatic carbocycles. The molecule has 8 heteroatoms. The molecule has 2 N–H and O–H groups in total. The van der Waals surface area contributed by atoms with E-state index in [1.165, 1.54) is 11.4 Å². The highest BCUT2D eigenvalue weighted by molar-refractivity contribution is 8.54. The fraction of sp³-hybridized carbons (Fsp3) is 0.818. The van der Waals surface area contributed by atoms with Gasteiger partial charge < -0.3 is 10.6 Å². The van der Waals surface area contributed by atoms with Crippen molar-refractivity contribution in [1.29, 1.82) is 0 Å². The van der Waals surface area contributed by atoms with Gasteiger partial charge in [-0.3, -0.25) is 9.59 Å². The van der Waals surface area contributed by atoms with Crippen LogP contribution in [0.5, 0.6) is 0 Å². The van der Waals surface area contributed by atoms with E-state index in [9.17, 15) is 13.8 Å². The molecule has 0 aliphatic rings. The van der Waals surface area contributed by atoms with Crippen LogP contribution in [0.2, 0.25) is 0 Å². The number of nitrogens with one attached hydrogen (secondary N) is 2. The molecule has 0 saturated carbocycles. The van der Waals surface area contributed by atoms with Gasteiger partial charge in [-0.15, -0.1) is 11.8 Å². The first-order chi connectivity index (χ1) is 8.85. The van der Waals surface area contributed by atoms with Crippen LogP contribution in [-0.4, -0.2) is 47.8 Å². The molecule has 1 unspecified atom stereocenters. The fourth-order valence-electron chi connectivity index (χ4n) is 0.944. The Balaban J connectivity index is 3.47. The van der Waals surface area contributed by atoms with E-state index in [4.69, 9.17) is 0 Å². The third kappa shape index (κ3) is 14.2. The summed E-state index contributed by atoms with van der Waals surface area (Å²) in [6, 6.07) is 0. The summed E-state index contributed by atoms with van der Waals surface area (Å²) in [5.41, 5.74) is 0. The number of carbonyl (C=O) groups is 2. The minimum Gasteiger partial charge on any atom is -0.358 e. The van der Waals surface area contributed by atoms with Crippen molar-refractivity contribution in [1.82, 2.24) is 10.6 Å². The molecule has 112 valence electrons.